The molecule has 7 heteroatoms. The van der Waals surface area contributed by atoms with Gasteiger partial charge in [-0.25, -0.2) is 8.78 Å². The SMILES string of the molecule is NNC(Cc1ccncc1Cl)c1ccc(F)c(F)c1Br. The first kappa shape index (κ1) is 15.3. The summed E-state index contributed by atoms with van der Waals surface area (Å²) in [6, 6.07) is 3.87. The Morgan fingerprint density at radius 3 is 2.75 bits per heavy atom. The van der Waals surface area contributed by atoms with E-state index < -0.39 is 17.7 Å². The molecule has 0 aliphatic carbocycles. The van der Waals surface area contributed by atoms with E-state index in [2.05, 4.69) is 26.3 Å². The zero-order valence-corrected chi connectivity index (χ0v) is 12.5. The molecule has 1 atom stereocenters. The lowest BCUT2D eigenvalue weighted by Crippen LogP contribution is -2.30. The van der Waals surface area contributed by atoms with Crippen molar-refractivity contribution in [3.63, 3.8) is 0 Å². The van der Waals surface area contributed by atoms with Gasteiger partial charge < -0.3 is 0 Å². The molecule has 0 aliphatic heterocycles. The molecule has 0 saturated heterocycles. The van der Waals surface area contributed by atoms with Gasteiger partial charge in [-0.15, -0.1) is 0 Å². The van der Waals surface area contributed by atoms with Gasteiger partial charge in [0.1, 0.15) is 0 Å². The summed E-state index contributed by atoms with van der Waals surface area (Å²) in [6.45, 7) is 0. The highest BCUT2D eigenvalue weighted by atomic mass is 79.9. The lowest BCUT2D eigenvalue weighted by molar-refractivity contribution is 0.491. The van der Waals surface area contributed by atoms with Gasteiger partial charge in [-0.2, -0.15) is 0 Å². The molecule has 1 aromatic heterocycles. The standard InChI is InChI=1S/C13H11BrClF2N3/c14-12-8(1-2-10(16)13(12)17)11(20-18)5-7-3-4-19-6-9(7)15/h1-4,6,11,20H,5,18H2. The molecule has 0 amide bonds. The normalized spacial score (nSPS) is 12.4. The highest BCUT2D eigenvalue weighted by Crippen LogP contribution is 2.30. The number of hydrazine groups is 1. The molecule has 2 rings (SSSR count). The van der Waals surface area contributed by atoms with E-state index in [1.807, 2.05) is 0 Å². The summed E-state index contributed by atoms with van der Waals surface area (Å²) < 4.78 is 26.8. The van der Waals surface area contributed by atoms with Crippen LogP contribution in [0.3, 0.4) is 0 Å². The monoisotopic (exact) mass is 361 g/mol. The third kappa shape index (κ3) is 3.15. The summed E-state index contributed by atoms with van der Waals surface area (Å²) >= 11 is 9.08. The second-order valence-corrected chi connectivity index (χ2v) is 5.36. The number of nitrogens with one attached hydrogen (secondary N) is 1. The number of pyridine rings is 1. The summed E-state index contributed by atoms with van der Waals surface area (Å²) in [4.78, 5) is 3.89. The fourth-order valence-electron chi connectivity index (χ4n) is 1.86. The van der Waals surface area contributed by atoms with Crippen LogP contribution in [-0.2, 0) is 6.42 Å². The second kappa shape index (κ2) is 6.58. The molecule has 3 N–H and O–H groups in total. The maximum absolute atomic E-state index is 13.6. The first-order chi connectivity index (χ1) is 9.54. The summed E-state index contributed by atoms with van der Waals surface area (Å²) in [7, 11) is 0. The summed E-state index contributed by atoms with van der Waals surface area (Å²) in [5.74, 6) is 3.65. The lowest BCUT2D eigenvalue weighted by atomic mass is 10.00. The van der Waals surface area contributed by atoms with Crippen molar-refractivity contribution in [1.82, 2.24) is 10.4 Å². The van der Waals surface area contributed by atoms with Gasteiger partial charge in [0.2, 0.25) is 0 Å². The summed E-state index contributed by atoms with van der Waals surface area (Å²) in [5, 5.41) is 0.492. The number of nitrogens with two attached hydrogens (primary N) is 1. The van der Waals surface area contributed by atoms with Gasteiger partial charge >= 0.3 is 0 Å². The van der Waals surface area contributed by atoms with E-state index in [1.54, 1.807) is 12.3 Å². The molecule has 20 heavy (non-hydrogen) atoms. The molecule has 0 spiro atoms. The minimum Gasteiger partial charge on any atom is -0.271 e. The Kier molecular flexibility index (Phi) is 5.04. The highest BCUT2D eigenvalue weighted by molar-refractivity contribution is 9.10. The fraction of sp³-hybridized carbons (Fsp3) is 0.154. The number of rotatable bonds is 4. The molecule has 0 aliphatic rings. The van der Waals surface area contributed by atoms with Gasteiger partial charge in [0.25, 0.3) is 0 Å². The van der Waals surface area contributed by atoms with Crippen molar-refractivity contribution < 1.29 is 8.78 Å². The quantitative estimate of drug-likeness (QED) is 0.497. The van der Waals surface area contributed by atoms with Gasteiger partial charge in [-0.3, -0.25) is 16.3 Å². The van der Waals surface area contributed by atoms with E-state index in [1.165, 1.54) is 12.3 Å². The van der Waals surface area contributed by atoms with Crippen molar-refractivity contribution >= 4 is 27.5 Å². The van der Waals surface area contributed by atoms with Crippen LogP contribution in [0.1, 0.15) is 17.2 Å². The zero-order valence-electron chi connectivity index (χ0n) is 10.2. The molecule has 106 valence electrons. The van der Waals surface area contributed by atoms with Gasteiger partial charge in [0, 0.05) is 12.4 Å². The number of hydrogen-bond donors (Lipinski definition) is 2. The highest BCUT2D eigenvalue weighted by Gasteiger charge is 2.19. The molecule has 0 bridgehead atoms. The van der Waals surface area contributed by atoms with E-state index in [0.717, 1.165) is 11.6 Å². The van der Waals surface area contributed by atoms with Crippen LogP contribution in [0, 0.1) is 11.6 Å². The van der Waals surface area contributed by atoms with E-state index >= 15 is 0 Å². The van der Waals surface area contributed by atoms with E-state index in [-0.39, 0.29) is 4.47 Å². The molecule has 0 radical (unpaired) electrons. The molecule has 0 fully saturated rings. The van der Waals surface area contributed by atoms with Crippen molar-refractivity contribution in [3.05, 3.63) is 62.8 Å². The Labute approximate surface area is 128 Å². The van der Waals surface area contributed by atoms with Crippen molar-refractivity contribution in [3.8, 4) is 0 Å². The Balaban J connectivity index is 2.34. The minimum absolute atomic E-state index is 0.0469. The summed E-state index contributed by atoms with van der Waals surface area (Å²) in [5.41, 5.74) is 3.90. The molecule has 1 unspecified atom stereocenters. The molecule has 0 saturated carbocycles. The predicted molar refractivity (Wildman–Crippen MR) is 77.1 cm³/mol. The maximum atomic E-state index is 13.6. The number of hydrogen-bond acceptors (Lipinski definition) is 3. The third-order valence-corrected chi connectivity index (χ3v) is 4.07. The smallest absolute Gasteiger partial charge is 0.173 e. The van der Waals surface area contributed by atoms with Crippen molar-refractivity contribution in [2.24, 2.45) is 5.84 Å². The number of benzene rings is 1. The molecular weight excluding hydrogens is 352 g/mol. The van der Waals surface area contributed by atoms with Crippen molar-refractivity contribution in [1.29, 1.82) is 0 Å². The van der Waals surface area contributed by atoms with Crippen LogP contribution in [0.4, 0.5) is 8.78 Å². The van der Waals surface area contributed by atoms with Crippen LogP contribution < -0.4 is 11.3 Å². The molecule has 1 aromatic carbocycles. The fourth-order valence-corrected chi connectivity index (χ4v) is 2.65. The van der Waals surface area contributed by atoms with E-state index in [0.29, 0.717) is 17.0 Å². The first-order valence-electron chi connectivity index (χ1n) is 5.72. The average Bonchev–Trinajstić information content (AvgIpc) is 2.45. The van der Waals surface area contributed by atoms with Gasteiger partial charge in [0.15, 0.2) is 11.6 Å². The van der Waals surface area contributed by atoms with E-state index in [4.69, 9.17) is 17.4 Å². The number of aromatic nitrogens is 1. The van der Waals surface area contributed by atoms with Gasteiger partial charge in [-0.05, 0) is 45.6 Å². The topological polar surface area (TPSA) is 50.9 Å². The van der Waals surface area contributed by atoms with Crippen LogP contribution in [0.5, 0.6) is 0 Å². The van der Waals surface area contributed by atoms with Crippen LogP contribution in [-0.4, -0.2) is 4.98 Å². The second-order valence-electron chi connectivity index (χ2n) is 4.16. The third-order valence-electron chi connectivity index (χ3n) is 2.92. The molecule has 2 aromatic rings. The Hall–Kier alpha value is -1.08. The number of nitrogens with zero attached hydrogens (tertiary/aromatic N) is 1. The lowest BCUT2D eigenvalue weighted by Gasteiger charge is -2.19. The van der Waals surface area contributed by atoms with Gasteiger partial charge in [0.05, 0.1) is 15.5 Å². The van der Waals surface area contributed by atoms with Gasteiger partial charge in [-0.1, -0.05) is 17.7 Å². The Bertz CT molecular complexity index is 625. The van der Waals surface area contributed by atoms with Crippen molar-refractivity contribution in [2.45, 2.75) is 12.5 Å². The van der Waals surface area contributed by atoms with Crippen LogP contribution in [0.2, 0.25) is 5.02 Å². The molecule has 1 heterocycles. The van der Waals surface area contributed by atoms with Crippen LogP contribution in [0.15, 0.2) is 35.1 Å². The van der Waals surface area contributed by atoms with Crippen LogP contribution >= 0.6 is 27.5 Å². The average molecular weight is 363 g/mol. The first-order valence-corrected chi connectivity index (χ1v) is 6.89. The molecule has 3 nitrogen and oxygen atoms in total. The Morgan fingerprint density at radius 1 is 1.35 bits per heavy atom. The predicted octanol–water partition coefficient (Wildman–Crippen LogP) is 3.52. The minimum atomic E-state index is -0.941. The van der Waals surface area contributed by atoms with E-state index in [9.17, 15) is 8.78 Å². The van der Waals surface area contributed by atoms with Crippen molar-refractivity contribution in [2.75, 3.05) is 0 Å². The van der Waals surface area contributed by atoms with Crippen LogP contribution in [0.25, 0.3) is 0 Å². The summed E-state index contributed by atoms with van der Waals surface area (Å²) in [6.07, 6.45) is 3.54. The number of halogens is 4. The largest absolute Gasteiger partial charge is 0.271 e. The Morgan fingerprint density at radius 2 is 2.10 bits per heavy atom. The maximum Gasteiger partial charge on any atom is 0.173 e. The zero-order chi connectivity index (χ0) is 14.7. The molecular formula is C13H11BrClF2N3.